The number of amides is 2. The summed E-state index contributed by atoms with van der Waals surface area (Å²) in [6, 6.07) is 5.19. The van der Waals surface area contributed by atoms with Crippen LogP contribution in [-0.4, -0.2) is 40.9 Å². The molecule has 6 nitrogen and oxygen atoms in total. The average molecular weight is 348 g/mol. The smallest absolute Gasteiger partial charge is 0.306 e. The van der Waals surface area contributed by atoms with E-state index >= 15 is 0 Å². The summed E-state index contributed by atoms with van der Waals surface area (Å²) in [6.45, 7) is 0. The van der Waals surface area contributed by atoms with Gasteiger partial charge in [-0.05, 0) is 37.0 Å². The van der Waals surface area contributed by atoms with Crippen LogP contribution < -0.4 is 5.32 Å². The highest BCUT2D eigenvalue weighted by Crippen LogP contribution is 2.37. The van der Waals surface area contributed by atoms with Crippen LogP contribution in [0.2, 0.25) is 0 Å². The molecule has 2 aliphatic rings. The second-order valence-corrected chi connectivity index (χ2v) is 6.87. The molecule has 1 aliphatic carbocycles. The van der Waals surface area contributed by atoms with Gasteiger partial charge < -0.3 is 15.3 Å². The first-order valence-electron chi connectivity index (χ1n) is 8.41. The molecular weight excluding hydrogens is 327 g/mol. The van der Waals surface area contributed by atoms with E-state index in [1.54, 1.807) is 19.2 Å². The molecule has 1 saturated carbocycles. The Morgan fingerprint density at radius 3 is 2.52 bits per heavy atom. The molecule has 0 radical (unpaired) electrons. The van der Waals surface area contributed by atoms with Crippen LogP contribution in [0, 0.1) is 17.7 Å². The number of aliphatic carboxylic acids is 1. The first-order chi connectivity index (χ1) is 11.9. The number of carbonyl (C=O) groups is 3. The fourth-order valence-corrected chi connectivity index (χ4v) is 3.87. The molecule has 1 heterocycles. The van der Waals surface area contributed by atoms with E-state index in [2.05, 4.69) is 5.32 Å². The van der Waals surface area contributed by atoms with Gasteiger partial charge >= 0.3 is 5.97 Å². The number of nitrogens with one attached hydrogen (secondary N) is 1. The zero-order valence-corrected chi connectivity index (χ0v) is 13.9. The van der Waals surface area contributed by atoms with Gasteiger partial charge in [0, 0.05) is 19.5 Å². The second-order valence-electron chi connectivity index (χ2n) is 6.87. The van der Waals surface area contributed by atoms with E-state index in [1.165, 1.54) is 17.0 Å². The molecule has 1 aliphatic heterocycles. The van der Waals surface area contributed by atoms with E-state index in [-0.39, 0.29) is 30.1 Å². The van der Waals surface area contributed by atoms with E-state index in [1.807, 2.05) is 0 Å². The number of hydrogen-bond donors (Lipinski definition) is 2. The Morgan fingerprint density at radius 2 is 1.92 bits per heavy atom. The van der Waals surface area contributed by atoms with Gasteiger partial charge in [-0.1, -0.05) is 12.1 Å². The molecule has 0 spiro atoms. The first kappa shape index (κ1) is 17.4. The molecule has 1 saturated heterocycles. The van der Waals surface area contributed by atoms with Gasteiger partial charge in [-0.25, -0.2) is 4.39 Å². The zero-order valence-electron chi connectivity index (χ0n) is 13.9. The monoisotopic (exact) mass is 348 g/mol. The van der Waals surface area contributed by atoms with Crippen molar-refractivity contribution in [2.45, 2.75) is 37.8 Å². The highest BCUT2D eigenvalue weighted by atomic mass is 19.1. The lowest BCUT2D eigenvalue weighted by Gasteiger charge is -2.26. The Labute approximate surface area is 145 Å². The van der Waals surface area contributed by atoms with Crippen molar-refractivity contribution in [3.05, 3.63) is 35.6 Å². The van der Waals surface area contributed by atoms with Gasteiger partial charge in [0.1, 0.15) is 5.82 Å². The maximum Gasteiger partial charge on any atom is 0.306 e. The van der Waals surface area contributed by atoms with Crippen molar-refractivity contribution in [2.24, 2.45) is 11.8 Å². The van der Waals surface area contributed by atoms with E-state index in [0.29, 0.717) is 24.8 Å². The average Bonchev–Trinajstić information content (AvgIpc) is 3.14. The van der Waals surface area contributed by atoms with Crippen LogP contribution in [0.1, 0.15) is 37.3 Å². The van der Waals surface area contributed by atoms with E-state index < -0.39 is 23.8 Å². The number of rotatable bonds is 4. The Morgan fingerprint density at radius 1 is 1.24 bits per heavy atom. The Balaban J connectivity index is 1.73. The summed E-state index contributed by atoms with van der Waals surface area (Å²) in [7, 11) is 1.64. The lowest BCUT2D eigenvalue weighted by Crippen LogP contribution is -2.39. The molecule has 2 unspecified atom stereocenters. The van der Waals surface area contributed by atoms with Crippen LogP contribution in [0.3, 0.4) is 0 Å². The predicted molar refractivity (Wildman–Crippen MR) is 86.9 cm³/mol. The molecule has 134 valence electrons. The molecule has 2 fully saturated rings. The highest BCUT2D eigenvalue weighted by Gasteiger charge is 2.43. The van der Waals surface area contributed by atoms with Crippen LogP contribution in [0.4, 0.5) is 4.39 Å². The number of carboxylic acid groups (broad SMARTS) is 1. The lowest BCUT2D eigenvalue weighted by atomic mass is 9.92. The van der Waals surface area contributed by atoms with Crippen LogP contribution >= 0.6 is 0 Å². The van der Waals surface area contributed by atoms with Crippen molar-refractivity contribution in [3.8, 4) is 0 Å². The minimum absolute atomic E-state index is 0.0967. The molecule has 1 aromatic rings. The number of carboxylic acids is 1. The van der Waals surface area contributed by atoms with Crippen LogP contribution in [0.25, 0.3) is 0 Å². The maximum absolute atomic E-state index is 13.2. The zero-order chi connectivity index (χ0) is 18.1. The third-order valence-corrected chi connectivity index (χ3v) is 5.26. The third-order valence-electron chi connectivity index (χ3n) is 5.26. The normalized spacial score (nSPS) is 29.0. The lowest BCUT2D eigenvalue weighted by molar-refractivity contribution is -0.141. The maximum atomic E-state index is 13.2. The van der Waals surface area contributed by atoms with Crippen molar-refractivity contribution in [1.29, 1.82) is 0 Å². The standard InChI is InChI=1S/C18H21FN2O4/c1-21-15(22)9-14(16(21)10-2-5-12(19)6-3-10)17(23)20-13-7-4-11(8-13)18(24)25/h2-3,5-6,11,13-14,16H,4,7-9H2,1H3,(H,20,23)(H,24,25)/t11-,13+,14?,16?/m1/s1. The van der Waals surface area contributed by atoms with Gasteiger partial charge in [-0.3, -0.25) is 14.4 Å². The van der Waals surface area contributed by atoms with Crippen molar-refractivity contribution in [3.63, 3.8) is 0 Å². The molecule has 4 atom stereocenters. The summed E-state index contributed by atoms with van der Waals surface area (Å²) in [4.78, 5) is 37.4. The fourth-order valence-electron chi connectivity index (χ4n) is 3.87. The van der Waals surface area contributed by atoms with Crippen LogP contribution in [-0.2, 0) is 14.4 Å². The van der Waals surface area contributed by atoms with Gasteiger partial charge in [-0.15, -0.1) is 0 Å². The third kappa shape index (κ3) is 3.50. The largest absolute Gasteiger partial charge is 0.481 e. The van der Waals surface area contributed by atoms with Gasteiger partial charge in [0.25, 0.3) is 0 Å². The number of benzene rings is 1. The minimum Gasteiger partial charge on any atom is -0.481 e. The molecule has 3 rings (SSSR count). The second kappa shape index (κ2) is 6.82. The Hall–Kier alpha value is -2.44. The minimum atomic E-state index is -0.836. The van der Waals surface area contributed by atoms with Crippen molar-refractivity contribution < 1.29 is 23.9 Å². The van der Waals surface area contributed by atoms with Gasteiger partial charge in [0.2, 0.25) is 11.8 Å². The number of likely N-dealkylation sites (tertiary alicyclic amines) is 1. The van der Waals surface area contributed by atoms with Crippen LogP contribution in [0.5, 0.6) is 0 Å². The molecule has 0 aromatic heterocycles. The summed E-state index contributed by atoms with van der Waals surface area (Å²) in [5.41, 5.74) is 0.713. The van der Waals surface area contributed by atoms with Crippen molar-refractivity contribution in [2.75, 3.05) is 7.05 Å². The quantitative estimate of drug-likeness (QED) is 0.867. The van der Waals surface area contributed by atoms with Crippen LogP contribution in [0.15, 0.2) is 24.3 Å². The van der Waals surface area contributed by atoms with Gasteiger partial charge in [-0.2, -0.15) is 0 Å². The fraction of sp³-hybridized carbons (Fsp3) is 0.500. The number of nitrogens with zero attached hydrogens (tertiary/aromatic N) is 1. The van der Waals surface area contributed by atoms with Crippen molar-refractivity contribution in [1.82, 2.24) is 10.2 Å². The topological polar surface area (TPSA) is 86.7 Å². The molecule has 0 bridgehead atoms. The molecule has 1 aromatic carbocycles. The number of carbonyl (C=O) groups excluding carboxylic acids is 2. The van der Waals surface area contributed by atoms with Crippen molar-refractivity contribution >= 4 is 17.8 Å². The molecule has 25 heavy (non-hydrogen) atoms. The van der Waals surface area contributed by atoms with E-state index in [4.69, 9.17) is 5.11 Å². The van der Waals surface area contributed by atoms with E-state index in [0.717, 1.165) is 0 Å². The SMILES string of the molecule is CN1C(=O)CC(C(=O)N[C@H]2CC[C@@H](C(=O)O)C2)C1c1ccc(F)cc1. The Kier molecular flexibility index (Phi) is 4.74. The molecule has 7 heteroatoms. The molecule has 2 N–H and O–H groups in total. The molecular formula is C18H21FN2O4. The number of halogens is 1. The first-order valence-corrected chi connectivity index (χ1v) is 8.41. The Bertz CT molecular complexity index is 691. The summed E-state index contributed by atoms with van der Waals surface area (Å²) in [6.07, 6.45) is 1.68. The predicted octanol–water partition coefficient (Wildman–Crippen LogP) is 1.71. The summed E-state index contributed by atoms with van der Waals surface area (Å²) < 4.78 is 13.2. The van der Waals surface area contributed by atoms with Gasteiger partial charge in [0.15, 0.2) is 0 Å². The highest BCUT2D eigenvalue weighted by molar-refractivity contribution is 5.90. The summed E-state index contributed by atoms with van der Waals surface area (Å²) in [5, 5.41) is 12.0. The number of hydrogen-bond acceptors (Lipinski definition) is 3. The van der Waals surface area contributed by atoms with Gasteiger partial charge in [0.05, 0.1) is 17.9 Å². The summed E-state index contributed by atoms with van der Waals surface area (Å²) in [5.74, 6) is -2.58. The van der Waals surface area contributed by atoms with E-state index in [9.17, 15) is 18.8 Å². The molecule has 2 amide bonds. The summed E-state index contributed by atoms with van der Waals surface area (Å²) >= 11 is 0.